The van der Waals surface area contributed by atoms with Gasteiger partial charge in [-0.3, -0.25) is 9.36 Å². The minimum absolute atomic E-state index is 0.0139. The Labute approximate surface area is 120 Å². The van der Waals surface area contributed by atoms with Crippen LogP contribution in [0.4, 0.5) is 0 Å². The van der Waals surface area contributed by atoms with Crippen molar-refractivity contribution in [3.05, 3.63) is 64.6 Å². The predicted octanol–water partition coefficient (Wildman–Crippen LogP) is 3.19. The summed E-state index contributed by atoms with van der Waals surface area (Å²) in [5.74, 6) is 2.96. The van der Waals surface area contributed by atoms with E-state index in [2.05, 4.69) is 4.98 Å². The maximum atomic E-state index is 12.4. The number of aryl methyl sites for hydroxylation is 1. The SMILES string of the molecule is Cc1nc2ccccc2c(=O)n1CSCc1ccco1. The van der Waals surface area contributed by atoms with Crippen molar-refractivity contribution in [2.75, 3.05) is 0 Å². The molecule has 0 unspecified atom stereocenters. The quantitative estimate of drug-likeness (QED) is 0.739. The third kappa shape index (κ3) is 2.49. The highest BCUT2D eigenvalue weighted by Gasteiger charge is 2.07. The molecule has 2 heterocycles. The van der Waals surface area contributed by atoms with Crippen LogP contribution in [0.25, 0.3) is 10.9 Å². The lowest BCUT2D eigenvalue weighted by molar-refractivity contribution is 0.530. The molecule has 0 aliphatic carbocycles. The number of aromatic nitrogens is 2. The monoisotopic (exact) mass is 286 g/mol. The van der Waals surface area contributed by atoms with Crippen LogP contribution in [-0.2, 0) is 11.6 Å². The smallest absolute Gasteiger partial charge is 0.262 e. The average Bonchev–Trinajstić information content (AvgIpc) is 2.96. The van der Waals surface area contributed by atoms with Crippen LogP contribution in [-0.4, -0.2) is 9.55 Å². The molecule has 0 fully saturated rings. The van der Waals surface area contributed by atoms with Crippen molar-refractivity contribution in [3.63, 3.8) is 0 Å². The van der Waals surface area contributed by atoms with Crippen molar-refractivity contribution in [1.82, 2.24) is 9.55 Å². The maximum absolute atomic E-state index is 12.4. The normalized spacial score (nSPS) is 11.1. The Hall–Kier alpha value is -2.01. The molecule has 3 rings (SSSR count). The first-order chi connectivity index (χ1) is 9.75. The highest BCUT2D eigenvalue weighted by Crippen LogP contribution is 2.15. The van der Waals surface area contributed by atoms with E-state index in [9.17, 15) is 4.79 Å². The lowest BCUT2D eigenvalue weighted by Gasteiger charge is -2.09. The van der Waals surface area contributed by atoms with Crippen LogP contribution in [0.3, 0.4) is 0 Å². The van der Waals surface area contributed by atoms with Crippen molar-refractivity contribution in [2.45, 2.75) is 18.6 Å². The molecule has 0 atom stereocenters. The second kappa shape index (κ2) is 5.54. The van der Waals surface area contributed by atoms with Gasteiger partial charge in [-0.05, 0) is 31.2 Å². The average molecular weight is 286 g/mol. The van der Waals surface area contributed by atoms with Gasteiger partial charge in [0.2, 0.25) is 0 Å². The van der Waals surface area contributed by atoms with E-state index >= 15 is 0 Å². The summed E-state index contributed by atoms with van der Waals surface area (Å²) < 4.78 is 6.98. The first-order valence-corrected chi connectivity index (χ1v) is 7.47. The van der Waals surface area contributed by atoms with Crippen LogP contribution in [0.2, 0.25) is 0 Å². The molecule has 1 aromatic carbocycles. The fourth-order valence-corrected chi connectivity index (χ4v) is 3.01. The lowest BCUT2D eigenvalue weighted by Crippen LogP contribution is -2.23. The Bertz CT molecular complexity index is 778. The van der Waals surface area contributed by atoms with E-state index in [4.69, 9.17) is 4.42 Å². The summed E-state index contributed by atoms with van der Waals surface area (Å²) in [5, 5.41) is 0.664. The molecule has 0 saturated carbocycles. The van der Waals surface area contributed by atoms with Gasteiger partial charge in [-0.25, -0.2) is 4.98 Å². The van der Waals surface area contributed by atoms with Crippen molar-refractivity contribution < 1.29 is 4.42 Å². The standard InChI is InChI=1S/C15H14N2O2S/c1-11-16-14-7-3-2-6-13(14)15(18)17(11)10-20-9-12-5-4-8-19-12/h2-8H,9-10H2,1H3. The number of para-hydroxylation sites is 1. The highest BCUT2D eigenvalue weighted by atomic mass is 32.2. The Morgan fingerprint density at radius 1 is 1.25 bits per heavy atom. The number of thioether (sulfide) groups is 1. The zero-order valence-corrected chi connectivity index (χ0v) is 11.9. The van der Waals surface area contributed by atoms with Gasteiger partial charge in [-0.15, -0.1) is 11.8 Å². The summed E-state index contributed by atoms with van der Waals surface area (Å²) >= 11 is 1.63. The minimum Gasteiger partial charge on any atom is -0.468 e. The van der Waals surface area contributed by atoms with Crippen LogP contribution in [0.15, 0.2) is 51.9 Å². The number of furan rings is 1. The molecule has 2 aromatic heterocycles. The van der Waals surface area contributed by atoms with E-state index in [1.807, 2.05) is 43.3 Å². The van der Waals surface area contributed by atoms with Crippen LogP contribution < -0.4 is 5.56 Å². The molecule has 5 heteroatoms. The summed E-state index contributed by atoms with van der Waals surface area (Å²) in [6.45, 7) is 1.86. The maximum Gasteiger partial charge on any atom is 0.262 e. The van der Waals surface area contributed by atoms with Crippen LogP contribution in [0.1, 0.15) is 11.6 Å². The topological polar surface area (TPSA) is 48.0 Å². The van der Waals surface area contributed by atoms with Gasteiger partial charge in [0.1, 0.15) is 11.6 Å². The molecule has 0 aliphatic heterocycles. The van der Waals surface area contributed by atoms with Crippen LogP contribution in [0.5, 0.6) is 0 Å². The third-order valence-corrected chi connectivity index (χ3v) is 4.03. The molecule has 4 nitrogen and oxygen atoms in total. The van der Waals surface area contributed by atoms with E-state index in [0.717, 1.165) is 22.9 Å². The predicted molar refractivity (Wildman–Crippen MR) is 80.7 cm³/mol. The number of benzene rings is 1. The van der Waals surface area contributed by atoms with Gasteiger partial charge in [-0.2, -0.15) is 0 Å². The van der Waals surface area contributed by atoms with Gasteiger partial charge in [-0.1, -0.05) is 12.1 Å². The zero-order chi connectivity index (χ0) is 13.9. The first kappa shape index (κ1) is 13.0. The van der Waals surface area contributed by atoms with Crippen molar-refractivity contribution in [3.8, 4) is 0 Å². The fraction of sp³-hybridized carbons (Fsp3) is 0.200. The van der Waals surface area contributed by atoms with Gasteiger partial charge in [0, 0.05) is 0 Å². The van der Waals surface area contributed by atoms with Gasteiger partial charge in [0.05, 0.1) is 28.8 Å². The fourth-order valence-electron chi connectivity index (χ4n) is 2.06. The van der Waals surface area contributed by atoms with Crippen molar-refractivity contribution in [2.24, 2.45) is 0 Å². The second-order valence-electron chi connectivity index (χ2n) is 4.47. The Kier molecular flexibility index (Phi) is 3.60. The van der Waals surface area contributed by atoms with Gasteiger partial charge in [0.25, 0.3) is 5.56 Å². The van der Waals surface area contributed by atoms with E-state index in [1.165, 1.54) is 0 Å². The molecule has 3 aromatic rings. The first-order valence-electron chi connectivity index (χ1n) is 6.32. The molecular weight excluding hydrogens is 272 g/mol. The van der Waals surface area contributed by atoms with E-state index < -0.39 is 0 Å². The third-order valence-electron chi connectivity index (χ3n) is 3.10. The van der Waals surface area contributed by atoms with Crippen LogP contribution in [0, 0.1) is 6.92 Å². The molecule has 0 radical (unpaired) electrons. The molecule has 0 amide bonds. The second-order valence-corrected chi connectivity index (χ2v) is 5.42. The van der Waals surface area contributed by atoms with Crippen LogP contribution >= 0.6 is 11.8 Å². The highest BCUT2D eigenvalue weighted by molar-refractivity contribution is 7.97. The van der Waals surface area contributed by atoms with Gasteiger partial charge in [0.15, 0.2) is 0 Å². The summed E-state index contributed by atoms with van der Waals surface area (Å²) in [7, 11) is 0. The number of rotatable bonds is 4. The van der Waals surface area contributed by atoms with E-state index in [1.54, 1.807) is 22.6 Å². The van der Waals surface area contributed by atoms with Gasteiger partial charge < -0.3 is 4.42 Å². The molecule has 0 bridgehead atoms. The van der Waals surface area contributed by atoms with E-state index in [-0.39, 0.29) is 5.56 Å². The summed E-state index contributed by atoms with van der Waals surface area (Å²) in [6, 6.07) is 11.2. The van der Waals surface area contributed by atoms with Crippen molar-refractivity contribution in [1.29, 1.82) is 0 Å². The van der Waals surface area contributed by atoms with Crippen molar-refractivity contribution >= 4 is 22.7 Å². The summed E-state index contributed by atoms with van der Waals surface area (Å²) in [5.41, 5.74) is 0.766. The van der Waals surface area contributed by atoms with E-state index in [0.29, 0.717) is 11.3 Å². The zero-order valence-electron chi connectivity index (χ0n) is 11.1. The Balaban J connectivity index is 1.85. The number of fused-ring (bicyclic) bond motifs is 1. The number of hydrogen-bond donors (Lipinski definition) is 0. The molecular formula is C15H14N2O2S. The number of nitrogens with zero attached hydrogens (tertiary/aromatic N) is 2. The molecule has 0 saturated heterocycles. The summed E-state index contributed by atoms with van der Waals surface area (Å²) in [6.07, 6.45) is 1.66. The Morgan fingerprint density at radius 3 is 2.90 bits per heavy atom. The number of hydrogen-bond acceptors (Lipinski definition) is 4. The molecule has 102 valence electrons. The summed E-state index contributed by atoms with van der Waals surface area (Å²) in [4.78, 5) is 16.9. The molecule has 0 aliphatic rings. The minimum atomic E-state index is 0.0139. The van der Waals surface area contributed by atoms with Gasteiger partial charge >= 0.3 is 0 Å². The molecule has 0 spiro atoms. The molecule has 0 N–H and O–H groups in total. The lowest BCUT2D eigenvalue weighted by atomic mass is 10.2. The Morgan fingerprint density at radius 2 is 2.10 bits per heavy atom. The largest absolute Gasteiger partial charge is 0.468 e. The molecule has 20 heavy (non-hydrogen) atoms.